The molecule has 0 aliphatic heterocycles. The van der Waals surface area contributed by atoms with E-state index in [4.69, 9.17) is 9.15 Å². The smallest absolute Gasteiger partial charge is 0.338 e. The number of anilines is 1. The Kier molecular flexibility index (Phi) is 6.65. The Bertz CT molecular complexity index is 1090. The zero-order valence-electron chi connectivity index (χ0n) is 16.1. The highest BCUT2D eigenvalue weighted by molar-refractivity contribution is 7.89. The Labute approximate surface area is 174 Å². The lowest BCUT2D eigenvalue weighted by molar-refractivity contribution is -0.121. The van der Waals surface area contributed by atoms with Gasteiger partial charge in [0, 0.05) is 12.7 Å². The summed E-state index contributed by atoms with van der Waals surface area (Å²) in [6.07, 6.45) is 1.45. The van der Waals surface area contributed by atoms with Crippen molar-refractivity contribution in [2.24, 2.45) is 0 Å². The van der Waals surface area contributed by atoms with E-state index in [-0.39, 0.29) is 17.0 Å². The molecule has 9 heteroatoms. The summed E-state index contributed by atoms with van der Waals surface area (Å²) in [7, 11) is -2.19. The van der Waals surface area contributed by atoms with Crippen molar-refractivity contribution < 1.29 is 27.2 Å². The van der Waals surface area contributed by atoms with E-state index in [1.54, 1.807) is 43.4 Å². The number of rotatable bonds is 8. The lowest BCUT2D eigenvalue weighted by Crippen LogP contribution is -2.31. The first-order valence-electron chi connectivity index (χ1n) is 8.97. The Morgan fingerprint density at radius 3 is 2.33 bits per heavy atom. The highest BCUT2D eigenvalue weighted by Crippen LogP contribution is 2.14. The maximum atomic E-state index is 12.3. The fourth-order valence-electron chi connectivity index (χ4n) is 2.54. The SMILES string of the molecule is CN(C(=O)COC(=O)c1ccc(S(=O)(=O)NCc2ccco2)cc1)c1ccccc1. The molecule has 156 valence electrons. The molecule has 0 saturated heterocycles. The second-order valence-corrected chi connectivity index (χ2v) is 8.06. The van der Waals surface area contributed by atoms with Crippen LogP contribution in [0.25, 0.3) is 0 Å². The summed E-state index contributed by atoms with van der Waals surface area (Å²) >= 11 is 0. The molecule has 30 heavy (non-hydrogen) atoms. The number of carbonyl (C=O) groups is 2. The largest absolute Gasteiger partial charge is 0.468 e. The van der Waals surface area contributed by atoms with Crippen LogP contribution in [0.3, 0.4) is 0 Å². The van der Waals surface area contributed by atoms with Crippen molar-refractivity contribution in [3.05, 3.63) is 84.3 Å². The van der Waals surface area contributed by atoms with E-state index in [9.17, 15) is 18.0 Å². The van der Waals surface area contributed by atoms with Gasteiger partial charge in [-0.2, -0.15) is 0 Å². The predicted molar refractivity (Wildman–Crippen MR) is 109 cm³/mol. The van der Waals surface area contributed by atoms with E-state index >= 15 is 0 Å². The number of hydrogen-bond acceptors (Lipinski definition) is 6. The number of ether oxygens (including phenoxy) is 1. The second kappa shape index (κ2) is 9.38. The number of sulfonamides is 1. The van der Waals surface area contributed by atoms with Crippen molar-refractivity contribution in [3.63, 3.8) is 0 Å². The van der Waals surface area contributed by atoms with E-state index in [2.05, 4.69) is 4.72 Å². The number of nitrogens with zero attached hydrogens (tertiary/aromatic N) is 1. The average molecular weight is 428 g/mol. The summed E-state index contributed by atoms with van der Waals surface area (Å²) in [4.78, 5) is 25.7. The fourth-order valence-corrected chi connectivity index (χ4v) is 3.53. The minimum Gasteiger partial charge on any atom is -0.468 e. The minimum atomic E-state index is -3.77. The van der Waals surface area contributed by atoms with E-state index in [1.165, 1.54) is 35.4 Å². The van der Waals surface area contributed by atoms with Crippen LogP contribution in [0.15, 0.2) is 82.3 Å². The molecule has 0 aliphatic rings. The van der Waals surface area contributed by atoms with Gasteiger partial charge in [-0.15, -0.1) is 0 Å². The summed E-state index contributed by atoms with van der Waals surface area (Å²) in [6, 6.07) is 17.5. The number of nitrogens with one attached hydrogen (secondary N) is 1. The Morgan fingerprint density at radius 2 is 1.70 bits per heavy atom. The van der Waals surface area contributed by atoms with Crippen molar-refractivity contribution >= 4 is 27.6 Å². The van der Waals surface area contributed by atoms with Crippen LogP contribution in [-0.2, 0) is 26.1 Å². The van der Waals surface area contributed by atoms with Crippen molar-refractivity contribution in [2.75, 3.05) is 18.6 Å². The number of benzene rings is 2. The van der Waals surface area contributed by atoms with Gasteiger partial charge in [0.1, 0.15) is 5.76 Å². The molecule has 8 nitrogen and oxygen atoms in total. The van der Waals surface area contributed by atoms with Gasteiger partial charge in [-0.1, -0.05) is 18.2 Å². The third-order valence-electron chi connectivity index (χ3n) is 4.26. The van der Waals surface area contributed by atoms with Gasteiger partial charge in [-0.3, -0.25) is 4.79 Å². The molecular weight excluding hydrogens is 408 g/mol. The Hall–Kier alpha value is -3.43. The number of carbonyl (C=O) groups excluding carboxylic acids is 2. The molecule has 0 bridgehead atoms. The third-order valence-corrected chi connectivity index (χ3v) is 5.68. The number of esters is 1. The highest BCUT2D eigenvalue weighted by Gasteiger charge is 2.17. The summed E-state index contributed by atoms with van der Waals surface area (Å²) in [5, 5.41) is 0. The van der Waals surface area contributed by atoms with Crippen molar-refractivity contribution in [1.29, 1.82) is 0 Å². The zero-order chi connectivity index (χ0) is 21.6. The first kappa shape index (κ1) is 21.3. The molecule has 3 aromatic rings. The average Bonchev–Trinajstić information content (AvgIpc) is 3.30. The number of para-hydroxylation sites is 1. The molecule has 2 aromatic carbocycles. The van der Waals surface area contributed by atoms with Crippen LogP contribution in [0.2, 0.25) is 0 Å². The van der Waals surface area contributed by atoms with Gasteiger partial charge in [0.2, 0.25) is 10.0 Å². The van der Waals surface area contributed by atoms with E-state index in [0.717, 1.165) is 0 Å². The number of amides is 1. The van der Waals surface area contributed by atoms with Crippen molar-refractivity contribution in [2.45, 2.75) is 11.4 Å². The topological polar surface area (TPSA) is 106 Å². The second-order valence-electron chi connectivity index (χ2n) is 6.29. The Morgan fingerprint density at radius 1 is 1.00 bits per heavy atom. The quantitative estimate of drug-likeness (QED) is 0.553. The Balaban J connectivity index is 1.56. The van der Waals surface area contributed by atoms with Crippen LogP contribution in [0, 0.1) is 0 Å². The molecule has 1 amide bonds. The molecule has 1 heterocycles. The van der Waals surface area contributed by atoms with Gasteiger partial charge < -0.3 is 14.1 Å². The molecule has 0 aliphatic carbocycles. The summed E-state index contributed by atoms with van der Waals surface area (Å²) < 4.78 is 37.2. The third kappa shape index (κ3) is 5.34. The molecule has 0 radical (unpaired) electrons. The van der Waals surface area contributed by atoms with Crippen LogP contribution in [0.1, 0.15) is 16.1 Å². The van der Waals surface area contributed by atoms with Crippen LogP contribution in [-0.4, -0.2) is 33.9 Å². The fraction of sp³-hybridized carbons (Fsp3) is 0.143. The van der Waals surface area contributed by atoms with Gasteiger partial charge >= 0.3 is 5.97 Å². The molecule has 0 spiro atoms. The van der Waals surface area contributed by atoms with E-state index in [0.29, 0.717) is 11.4 Å². The number of hydrogen-bond donors (Lipinski definition) is 1. The van der Waals surface area contributed by atoms with Crippen LogP contribution in [0.4, 0.5) is 5.69 Å². The molecule has 0 unspecified atom stereocenters. The highest BCUT2D eigenvalue weighted by atomic mass is 32.2. The maximum Gasteiger partial charge on any atom is 0.338 e. The summed E-state index contributed by atoms with van der Waals surface area (Å²) in [5.74, 6) is -0.642. The molecule has 1 N–H and O–H groups in total. The lowest BCUT2D eigenvalue weighted by atomic mass is 10.2. The van der Waals surface area contributed by atoms with Gasteiger partial charge in [0.05, 0.1) is 23.3 Å². The predicted octanol–water partition coefficient (Wildman–Crippen LogP) is 2.58. The van der Waals surface area contributed by atoms with Gasteiger partial charge in [-0.25, -0.2) is 17.9 Å². The number of furan rings is 1. The molecule has 0 atom stereocenters. The summed E-state index contributed by atoms with van der Waals surface area (Å²) in [6.45, 7) is -0.425. The van der Waals surface area contributed by atoms with Crippen molar-refractivity contribution in [3.8, 4) is 0 Å². The minimum absolute atomic E-state index is 0.00880. The molecule has 0 fully saturated rings. The molecule has 0 saturated carbocycles. The van der Waals surface area contributed by atoms with E-state index < -0.39 is 28.5 Å². The maximum absolute atomic E-state index is 12.3. The van der Waals surface area contributed by atoms with Crippen LogP contribution >= 0.6 is 0 Å². The first-order chi connectivity index (χ1) is 14.4. The van der Waals surface area contributed by atoms with Crippen LogP contribution in [0.5, 0.6) is 0 Å². The standard InChI is InChI=1S/C21H20N2O6S/c1-23(17-6-3-2-4-7-17)20(24)15-29-21(25)16-9-11-19(12-10-16)30(26,27)22-14-18-8-5-13-28-18/h2-13,22H,14-15H2,1H3. The zero-order valence-corrected chi connectivity index (χ0v) is 17.0. The molecule has 3 rings (SSSR count). The normalized spacial score (nSPS) is 11.1. The van der Waals surface area contributed by atoms with Crippen molar-refractivity contribution in [1.82, 2.24) is 4.72 Å². The van der Waals surface area contributed by atoms with E-state index in [1.807, 2.05) is 6.07 Å². The summed E-state index contributed by atoms with van der Waals surface area (Å²) in [5.41, 5.74) is 0.810. The molecular formula is C21H20N2O6S. The molecule has 1 aromatic heterocycles. The monoisotopic (exact) mass is 428 g/mol. The van der Waals surface area contributed by atoms with Gasteiger partial charge in [0.25, 0.3) is 5.91 Å². The first-order valence-corrected chi connectivity index (χ1v) is 10.5. The number of likely N-dealkylation sites (N-methyl/N-ethyl adjacent to an activating group) is 1. The van der Waals surface area contributed by atoms with Crippen LogP contribution < -0.4 is 9.62 Å². The van der Waals surface area contributed by atoms with Gasteiger partial charge in [-0.05, 0) is 48.5 Å². The lowest BCUT2D eigenvalue weighted by Gasteiger charge is -2.17. The van der Waals surface area contributed by atoms with Gasteiger partial charge in [0.15, 0.2) is 6.61 Å².